The fourth-order valence-electron chi connectivity index (χ4n) is 2.03. The van der Waals surface area contributed by atoms with Crippen molar-refractivity contribution in [1.82, 2.24) is 9.71 Å². The standard InChI is InChI=1S/C15H16N4O6S/c1-8-4-6-11(7-5-8)12-13(25-26(22)23)14(17-9(2)20)19(15(16)18-12)24-10(3)21/h4-7H,1-3H3,(H2,16,18)(H,22,23)/p-1. The van der Waals surface area contributed by atoms with Crippen molar-refractivity contribution in [1.29, 1.82) is 0 Å². The van der Waals surface area contributed by atoms with Crippen molar-refractivity contribution in [2.24, 2.45) is 4.99 Å². The van der Waals surface area contributed by atoms with Crippen molar-refractivity contribution in [2.75, 3.05) is 5.73 Å². The van der Waals surface area contributed by atoms with Crippen molar-refractivity contribution in [2.45, 2.75) is 20.8 Å². The summed E-state index contributed by atoms with van der Waals surface area (Å²) < 4.78 is 27.7. The number of carbonyl (C=O) groups is 2. The first kappa shape index (κ1) is 19.3. The first-order valence-corrected chi connectivity index (χ1v) is 8.20. The van der Waals surface area contributed by atoms with Crippen LogP contribution in [0.25, 0.3) is 11.3 Å². The molecule has 1 aromatic heterocycles. The first-order valence-electron chi connectivity index (χ1n) is 7.20. The van der Waals surface area contributed by atoms with Crippen LogP contribution in [0.1, 0.15) is 19.4 Å². The lowest BCUT2D eigenvalue weighted by Gasteiger charge is -2.16. The molecule has 1 heterocycles. The number of rotatable bonds is 4. The van der Waals surface area contributed by atoms with Gasteiger partial charge in [-0.05, 0) is 6.92 Å². The smallest absolute Gasteiger partial charge is 0.330 e. The Morgan fingerprint density at radius 3 is 2.38 bits per heavy atom. The van der Waals surface area contributed by atoms with E-state index in [1.165, 1.54) is 0 Å². The van der Waals surface area contributed by atoms with E-state index in [2.05, 4.69) is 9.98 Å². The lowest BCUT2D eigenvalue weighted by atomic mass is 10.1. The molecule has 2 rings (SSSR count). The third-order valence-corrected chi connectivity index (χ3v) is 3.31. The van der Waals surface area contributed by atoms with Crippen molar-refractivity contribution in [3.63, 3.8) is 0 Å². The van der Waals surface area contributed by atoms with Gasteiger partial charge in [0.15, 0.2) is 0 Å². The quantitative estimate of drug-likeness (QED) is 0.732. The first-order chi connectivity index (χ1) is 12.2. The van der Waals surface area contributed by atoms with Gasteiger partial charge in [0, 0.05) is 19.4 Å². The molecule has 1 amide bonds. The molecule has 0 spiro atoms. The fourth-order valence-corrected chi connectivity index (χ4v) is 2.32. The van der Waals surface area contributed by atoms with Gasteiger partial charge in [-0.1, -0.05) is 29.8 Å². The Morgan fingerprint density at radius 1 is 1.27 bits per heavy atom. The Balaban J connectivity index is 2.90. The SMILES string of the molecule is CC(=O)N=c1c(OS(=O)[O-])c(-c2ccc(C)cc2)nc(N)n1OC(C)=O. The predicted molar refractivity (Wildman–Crippen MR) is 89.9 cm³/mol. The molecule has 1 unspecified atom stereocenters. The summed E-state index contributed by atoms with van der Waals surface area (Å²) in [6.45, 7) is 4.08. The van der Waals surface area contributed by atoms with E-state index in [-0.39, 0.29) is 11.6 Å². The van der Waals surface area contributed by atoms with Gasteiger partial charge in [-0.3, -0.25) is 4.79 Å². The summed E-state index contributed by atoms with van der Waals surface area (Å²) in [5.74, 6) is -2.23. The van der Waals surface area contributed by atoms with Crippen LogP contribution in [0.15, 0.2) is 29.3 Å². The number of aromatic nitrogens is 2. The van der Waals surface area contributed by atoms with Crippen molar-refractivity contribution < 1.29 is 27.4 Å². The molecule has 1 aromatic carbocycles. The average Bonchev–Trinajstić information content (AvgIpc) is 2.53. The van der Waals surface area contributed by atoms with Crippen molar-refractivity contribution >= 4 is 29.2 Å². The number of hydrogen-bond acceptors (Lipinski definition) is 8. The van der Waals surface area contributed by atoms with Gasteiger partial charge in [-0.2, -0.15) is 4.99 Å². The summed E-state index contributed by atoms with van der Waals surface area (Å²) in [5.41, 5.74) is 6.81. The number of nitrogens with two attached hydrogens (primary N) is 1. The van der Waals surface area contributed by atoms with Gasteiger partial charge in [0.05, 0.1) is 0 Å². The molecule has 1 atom stereocenters. The number of nitrogen functional groups attached to an aromatic ring is 1. The van der Waals surface area contributed by atoms with Crippen LogP contribution < -0.4 is 20.2 Å². The number of anilines is 1. The highest BCUT2D eigenvalue weighted by Crippen LogP contribution is 2.26. The largest absolute Gasteiger partial charge is 0.740 e. The van der Waals surface area contributed by atoms with Crippen LogP contribution in [0.4, 0.5) is 5.95 Å². The second-order valence-corrected chi connectivity index (χ2v) is 5.71. The molecule has 0 bridgehead atoms. The Labute approximate surface area is 150 Å². The highest BCUT2D eigenvalue weighted by molar-refractivity contribution is 7.74. The molecule has 0 saturated heterocycles. The van der Waals surface area contributed by atoms with E-state index in [0.29, 0.717) is 10.3 Å². The molecule has 0 fully saturated rings. The third-order valence-electron chi connectivity index (χ3n) is 3.00. The summed E-state index contributed by atoms with van der Waals surface area (Å²) in [7, 11) is 0. The number of amides is 1. The zero-order chi connectivity index (χ0) is 19.4. The minimum Gasteiger partial charge on any atom is -0.740 e. The van der Waals surface area contributed by atoms with Crippen LogP contribution >= 0.6 is 0 Å². The highest BCUT2D eigenvalue weighted by atomic mass is 32.2. The van der Waals surface area contributed by atoms with E-state index >= 15 is 0 Å². The number of nitrogens with zero attached hydrogens (tertiary/aromatic N) is 3. The predicted octanol–water partition coefficient (Wildman–Crippen LogP) is 0.0359. The normalized spacial score (nSPS) is 12.5. The maximum atomic E-state index is 11.5. The summed E-state index contributed by atoms with van der Waals surface area (Å²) in [6, 6.07) is 6.84. The lowest BCUT2D eigenvalue weighted by molar-refractivity contribution is -0.142. The molecular weight excluding hydrogens is 364 g/mol. The van der Waals surface area contributed by atoms with Crippen LogP contribution in [-0.2, 0) is 21.0 Å². The number of carbonyl (C=O) groups excluding carboxylic acids is 2. The molecule has 138 valence electrons. The zero-order valence-electron chi connectivity index (χ0n) is 14.1. The minimum atomic E-state index is -3.01. The minimum absolute atomic E-state index is 0.00935. The molecule has 11 heteroatoms. The van der Waals surface area contributed by atoms with E-state index in [0.717, 1.165) is 19.4 Å². The maximum absolute atomic E-state index is 11.5. The van der Waals surface area contributed by atoms with E-state index < -0.39 is 34.5 Å². The number of benzene rings is 1. The molecule has 2 aromatic rings. The van der Waals surface area contributed by atoms with Crippen LogP contribution in [-0.4, -0.2) is 30.4 Å². The molecule has 0 aliphatic heterocycles. The van der Waals surface area contributed by atoms with Crippen LogP contribution in [0, 0.1) is 6.92 Å². The van der Waals surface area contributed by atoms with Gasteiger partial charge >= 0.3 is 5.97 Å². The Kier molecular flexibility index (Phi) is 5.85. The second-order valence-electron chi connectivity index (χ2n) is 5.13. The second kappa shape index (κ2) is 7.89. The van der Waals surface area contributed by atoms with Crippen LogP contribution in [0.2, 0.25) is 0 Å². The summed E-state index contributed by atoms with van der Waals surface area (Å²) in [5, 5.41) is 0. The van der Waals surface area contributed by atoms with Gasteiger partial charge in [0.2, 0.25) is 23.1 Å². The molecule has 2 N–H and O–H groups in total. The molecular formula is C15H15N4O6S-. The van der Waals surface area contributed by atoms with Gasteiger partial charge in [0.25, 0.3) is 0 Å². The summed E-state index contributed by atoms with van der Waals surface area (Å²) in [6.07, 6.45) is 0. The summed E-state index contributed by atoms with van der Waals surface area (Å²) >= 11 is -3.01. The van der Waals surface area contributed by atoms with E-state index in [4.69, 9.17) is 14.8 Å². The molecule has 0 radical (unpaired) electrons. The van der Waals surface area contributed by atoms with E-state index in [1.54, 1.807) is 24.3 Å². The Morgan fingerprint density at radius 2 is 1.88 bits per heavy atom. The Bertz CT molecular complexity index is 952. The topological polar surface area (TPSA) is 149 Å². The average molecular weight is 379 g/mol. The number of aryl methyl sites for hydroxylation is 1. The third kappa shape index (κ3) is 4.52. The van der Waals surface area contributed by atoms with Gasteiger partial charge in [-0.25, -0.2) is 14.0 Å². The van der Waals surface area contributed by atoms with Gasteiger partial charge in [0.1, 0.15) is 17.1 Å². The molecule has 0 aliphatic carbocycles. The van der Waals surface area contributed by atoms with Crippen molar-refractivity contribution in [3.05, 3.63) is 35.3 Å². The molecule has 0 saturated carbocycles. The monoisotopic (exact) mass is 379 g/mol. The molecule has 26 heavy (non-hydrogen) atoms. The van der Waals surface area contributed by atoms with E-state index in [1.807, 2.05) is 6.92 Å². The van der Waals surface area contributed by atoms with Crippen LogP contribution in [0.5, 0.6) is 5.75 Å². The maximum Gasteiger partial charge on any atom is 0.330 e. The number of hydrogen-bond donors (Lipinski definition) is 1. The molecule has 10 nitrogen and oxygen atoms in total. The van der Waals surface area contributed by atoms with Gasteiger partial charge in [-0.15, -0.1) is 4.73 Å². The summed E-state index contributed by atoms with van der Waals surface area (Å²) in [4.78, 5) is 35.4. The molecule has 0 aliphatic rings. The van der Waals surface area contributed by atoms with Gasteiger partial charge < -0.3 is 19.3 Å². The highest BCUT2D eigenvalue weighted by Gasteiger charge is 2.20. The lowest BCUT2D eigenvalue weighted by Crippen LogP contribution is -2.35. The zero-order valence-corrected chi connectivity index (χ0v) is 14.9. The van der Waals surface area contributed by atoms with Crippen molar-refractivity contribution in [3.8, 4) is 17.0 Å². The van der Waals surface area contributed by atoms with Crippen LogP contribution in [0.3, 0.4) is 0 Å². The fraction of sp³-hybridized carbons (Fsp3) is 0.200. The van der Waals surface area contributed by atoms with E-state index in [9.17, 15) is 18.4 Å². The Hall–Kier alpha value is -3.05.